The number of fused-ring (bicyclic) bond motifs is 1. The maximum Gasteiger partial charge on any atom is 0.258 e. The second kappa shape index (κ2) is 6.79. The number of ether oxygens (including phenoxy) is 1. The van der Waals surface area contributed by atoms with Crippen LogP contribution in [-0.4, -0.2) is 18.6 Å². The summed E-state index contributed by atoms with van der Waals surface area (Å²) in [6.07, 6.45) is 0.727. The van der Waals surface area contributed by atoms with Gasteiger partial charge in [0.05, 0.1) is 17.1 Å². The van der Waals surface area contributed by atoms with Crippen molar-refractivity contribution in [3.05, 3.63) is 63.6 Å². The highest BCUT2D eigenvalue weighted by Gasteiger charge is 2.30. The van der Waals surface area contributed by atoms with Gasteiger partial charge in [0, 0.05) is 5.02 Å². The molecule has 0 fully saturated rings. The van der Waals surface area contributed by atoms with Crippen molar-refractivity contribution in [2.75, 3.05) is 6.61 Å². The molecule has 3 rings (SSSR count). The standard InChI is InChI=1S/C17H16Cl2N2O2/c18-11-5-6-15(13(19)8-11)23-9-16(22)21-14-7-10-3-1-2-4-12(10)17(14)20/h1-6,8,14,17H,7,9,20H2,(H,21,22)/t14-,17-/m0/s1. The minimum Gasteiger partial charge on any atom is -0.482 e. The van der Waals surface area contributed by atoms with Gasteiger partial charge in [-0.3, -0.25) is 4.79 Å². The third kappa shape index (κ3) is 3.61. The number of rotatable bonds is 4. The van der Waals surface area contributed by atoms with Gasteiger partial charge in [-0.1, -0.05) is 47.5 Å². The monoisotopic (exact) mass is 350 g/mol. The van der Waals surface area contributed by atoms with Crippen molar-refractivity contribution in [2.24, 2.45) is 5.73 Å². The van der Waals surface area contributed by atoms with Gasteiger partial charge in [-0.25, -0.2) is 0 Å². The fraction of sp³-hybridized carbons (Fsp3) is 0.235. The average molecular weight is 351 g/mol. The largest absolute Gasteiger partial charge is 0.482 e. The van der Waals surface area contributed by atoms with E-state index in [1.54, 1.807) is 18.2 Å². The van der Waals surface area contributed by atoms with E-state index in [1.165, 1.54) is 5.56 Å². The molecule has 0 heterocycles. The van der Waals surface area contributed by atoms with E-state index >= 15 is 0 Å². The van der Waals surface area contributed by atoms with Gasteiger partial charge in [-0.2, -0.15) is 0 Å². The molecule has 1 aliphatic carbocycles. The molecule has 1 amide bonds. The fourth-order valence-electron chi connectivity index (χ4n) is 2.75. The van der Waals surface area contributed by atoms with Crippen LogP contribution < -0.4 is 15.8 Å². The van der Waals surface area contributed by atoms with Gasteiger partial charge < -0.3 is 15.8 Å². The highest BCUT2D eigenvalue weighted by molar-refractivity contribution is 6.35. The molecule has 0 aliphatic heterocycles. The lowest BCUT2D eigenvalue weighted by Gasteiger charge is -2.18. The van der Waals surface area contributed by atoms with Crippen LogP contribution in [0.1, 0.15) is 17.2 Å². The smallest absolute Gasteiger partial charge is 0.258 e. The summed E-state index contributed by atoms with van der Waals surface area (Å²) in [5.41, 5.74) is 8.45. The van der Waals surface area contributed by atoms with Gasteiger partial charge in [0.1, 0.15) is 5.75 Å². The topological polar surface area (TPSA) is 64.3 Å². The number of nitrogens with one attached hydrogen (secondary N) is 1. The van der Waals surface area contributed by atoms with E-state index in [9.17, 15) is 4.79 Å². The number of amides is 1. The molecular weight excluding hydrogens is 335 g/mol. The Morgan fingerprint density at radius 1 is 1.26 bits per heavy atom. The fourth-order valence-corrected chi connectivity index (χ4v) is 3.21. The molecule has 2 aromatic carbocycles. The number of carbonyl (C=O) groups is 1. The van der Waals surface area contributed by atoms with Crippen molar-refractivity contribution < 1.29 is 9.53 Å². The molecule has 0 aromatic heterocycles. The first-order valence-corrected chi connectivity index (χ1v) is 8.01. The van der Waals surface area contributed by atoms with Crippen LogP contribution in [-0.2, 0) is 11.2 Å². The van der Waals surface area contributed by atoms with Gasteiger partial charge in [0.25, 0.3) is 5.91 Å². The van der Waals surface area contributed by atoms with Crippen molar-refractivity contribution >= 4 is 29.1 Å². The van der Waals surface area contributed by atoms with Crippen LogP contribution in [0, 0.1) is 0 Å². The zero-order chi connectivity index (χ0) is 16.4. The molecule has 3 N–H and O–H groups in total. The van der Waals surface area contributed by atoms with Crippen LogP contribution in [0.4, 0.5) is 0 Å². The van der Waals surface area contributed by atoms with E-state index in [-0.39, 0.29) is 24.6 Å². The van der Waals surface area contributed by atoms with Crippen LogP contribution in [0.3, 0.4) is 0 Å². The lowest BCUT2D eigenvalue weighted by molar-refractivity contribution is -0.123. The molecule has 23 heavy (non-hydrogen) atoms. The summed E-state index contributed by atoms with van der Waals surface area (Å²) in [4.78, 5) is 12.1. The number of carbonyl (C=O) groups excluding carboxylic acids is 1. The van der Waals surface area contributed by atoms with Crippen molar-refractivity contribution in [1.82, 2.24) is 5.32 Å². The zero-order valence-corrected chi connectivity index (χ0v) is 13.8. The SMILES string of the molecule is N[C@H]1c2ccccc2C[C@@H]1NC(=O)COc1ccc(Cl)cc1Cl. The Bertz CT molecular complexity index is 736. The molecule has 1 aliphatic rings. The third-order valence-corrected chi connectivity index (χ3v) is 4.42. The molecule has 0 bridgehead atoms. The molecule has 0 radical (unpaired) electrons. The van der Waals surface area contributed by atoms with E-state index in [0.717, 1.165) is 12.0 Å². The molecule has 4 nitrogen and oxygen atoms in total. The van der Waals surface area contributed by atoms with Crippen LogP contribution in [0.15, 0.2) is 42.5 Å². The predicted molar refractivity (Wildman–Crippen MR) is 91.0 cm³/mol. The summed E-state index contributed by atoms with van der Waals surface area (Å²) in [6, 6.07) is 12.5. The van der Waals surface area contributed by atoms with E-state index < -0.39 is 0 Å². The van der Waals surface area contributed by atoms with E-state index in [1.807, 2.05) is 24.3 Å². The van der Waals surface area contributed by atoms with Gasteiger partial charge >= 0.3 is 0 Å². The number of benzene rings is 2. The first-order chi connectivity index (χ1) is 11.0. The van der Waals surface area contributed by atoms with E-state index in [0.29, 0.717) is 15.8 Å². The summed E-state index contributed by atoms with van der Waals surface area (Å²) in [6.45, 7) is -0.124. The number of halogens is 2. The van der Waals surface area contributed by atoms with Crippen LogP contribution in [0.2, 0.25) is 10.0 Å². The van der Waals surface area contributed by atoms with Crippen LogP contribution in [0.25, 0.3) is 0 Å². The summed E-state index contributed by atoms with van der Waals surface area (Å²) >= 11 is 11.8. The van der Waals surface area contributed by atoms with E-state index in [4.69, 9.17) is 33.7 Å². The molecule has 2 atom stereocenters. The Kier molecular flexibility index (Phi) is 4.76. The Morgan fingerprint density at radius 3 is 2.78 bits per heavy atom. The van der Waals surface area contributed by atoms with Crippen molar-refractivity contribution in [2.45, 2.75) is 18.5 Å². The highest BCUT2D eigenvalue weighted by Crippen LogP contribution is 2.29. The van der Waals surface area contributed by atoms with Crippen molar-refractivity contribution in [3.63, 3.8) is 0 Å². The van der Waals surface area contributed by atoms with Crippen molar-refractivity contribution in [1.29, 1.82) is 0 Å². The Hall–Kier alpha value is -1.75. The maximum atomic E-state index is 12.1. The Morgan fingerprint density at radius 2 is 2.04 bits per heavy atom. The Balaban J connectivity index is 1.56. The molecule has 120 valence electrons. The summed E-state index contributed by atoms with van der Waals surface area (Å²) in [5.74, 6) is 0.189. The lowest BCUT2D eigenvalue weighted by Crippen LogP contribution is -2.42. The first kappa shape index (κ1) is 16.1. The quantitative estimate of drug-likeness (QED) is 0.890. The normalized spacial score (nSPS) is 19.3. The van der Waals surface area contributed by atoms with E-state index in [2.05, 4.69) is 5.32 Å². The average Bonchev–Trinajstić information content (AvgIpc) is 2.83. The summed E-state index contributed by atoms with van der Waals surface area (Å²) < 4.78 is 5.43. The molecular formula is C17H16Cl2N2O2. The predicted octanol–water partition coefficient (Wildman–Crippen LogP) is 3.11. The van der Waals surface area contributed by atoms with Gasteiger partial charge in [-0.15, -0.1) is 0 Å². The summed E-state index contributed by atoms with van der Waals surface area (Å²) in [5, 5.41) is 3.80. The zero-order valence-electron chi connectivity index (χ0n) is 12.3. The highest BCUT2D eigenvalue weighted by atomic mass is 35.5. The molecule has 6 heteroatoms. The molecule has 2 aromatic rings. The van der Waals surface area contributed by atoms with Crippen LogP contribution >= 0.6 is 23.2 Å². The van der Waals surface area contributed by atoms with Crippen LogP contribution in [0.5, 0.6) is 5.75 Å². The number of nitrogens with two attached hydrogens (primary N) is 1. The maximum absolute atomic E-state index is 12.1. The van der Waals surface area contributed by atoms with Crippen molar-refractivity contribution in [3.8, 4) is 5.75 Å². The second-order valence-corrected chi connectivity index (χ2v) is 6.31. The molecule has 0 spiro atoms. The molecule has 0 unspecified atom stereocenters. The molecule has 0 saturated heterocycles. The number of hydrogen-bond acceptors (Lipinski definition) is 3. The minimum absolute atomic E-state index is 0.121. The minimum atomic E-state index is -0.232. The third-order valence-electron chi connectivity index (χ3n) is 3.89. The Labute approximate surface area is 144 Å². The lowest BCUT2D eigenvalue weighted by atomic mass is 10.1. The molecule has 0 saturated carbocycles. The van der Waals surface area contributed by atoms with Gasteiger partial charge in [-0.05, 0) is 35.7 Å². The van der Waals surface area contributed by atoms with Gasteiger partial charge in [0.15, 0.2) is 6.61 Å². The second-order valence-electron chi connectivity index (χ2n) is 5.47. The summed E-state index contributed by atoms with van der Waals surface area (Å²) in [7, 11) is 0. The van der Waals surface area contributed by atoms with Gasteiger partial charge in [0.2, 0.25) is 0 Å². The first-order valence-electron chi connectivity index (χ1n) is 7.25. The number of hydrogen-bond donors (Lipinski definition) is 2.